The number of aromatic nitrogens is 2. The van der Waals surface area contributed by atoms with Crippen LogP contribution in [0.15, 0.2) is 48.5 Å². The molecule has 3 rings (SSSR count). The van der Waals surface area contributed by atoms with Crippen molar-refractivity contribution < 1.29 is 32.2 Å². The number of nitrogens with two attached hydrogens (primary N) is 1. The van der Waals surface area contributed by atoms with Gasteiger partial charge in [0.05, 0.1) is 17.3 Å². The summed E-state index contributed by atoms with van der Waals surface area (Å²) in [4.78, 5) is 12.2. The van der Waals surface area contributed by atoms with Gasteiger partial charge < -0.3 is 19.9 Å². The van der Waals surface area contributed by atoms with Gasteiger partial charge in [0.1, 0.15) is 11.5 Å². The van der Waals surface area contributed by atoms with Gasteiger partial charge in [-0.15, -0.1) is 13.2 Å². The van der Waals surface area contributed by atoms with Crippen molar-refractivity contribution >= 4 is 17.6 Å². The van der Waals surface area contributed by atoms with Gasteiger partial charge in [0.2, 0.25) is 0 Å². The average molecular weight is 596 g/mol. The van der Waals surface area contributed by atoms with Gasteiger partial charge in [-0.25, -0.2) is 4.79 Å². The van der Waals surface area contributed by atoms with Crippen LogP contribution in [0, 0.1) is 5.92 Å². The SMILES string of the molecule is CCOC(=O)C(C)(C)Oc1ccc(C(C)(N)Cc2cc(-c3ccc(OC(F)(F)F)cc3)nn2CCC(C)C)cc1Cl. The largest absolute Gasteiger partial charge is 0.573 e. The molecule has 224 valence electrons. The van der Waals surface area contributed by atoms with Crippen LogP contribution in [0.4, 0.5) is 13.2 Å². The molecule has 0 spiro atoms. The molecule has 0 saturated heterocycles. The van der Waals surface area contributed by atoms with Crippen molar-refractivity contribution in [2.24, 2.45) is 11.7 Å². The monoisotopic (exact) mass is 595 g/mol. The lowest BCUT2D eigenvalue weighted by Crippen LogP contribution is -2.40. The first kappa shape index (κ1) is 32.3. The van der Waals surface area contributed by atoms with E-state index in [9.17, 15) is 18.0 Å². The number of rotatable bonds is 12. The van der Waals surface area contributed by atoms with Gasteiger partial charge in [0.15, 0.2) is 5.60 Å². The van der Waals surface area contributed by atoms with E-state index in [0.29, 0.717) is 40.9 Å². The summed E-state index contributed by atoms with van der Waals surface area (Å²) in [5, 5.41) is 5.04. The molecular formula is C30H37ClF3N3O4. The second-order valence-electron chi connectivity index (χ2n) is 11.1. The van der Waals surface area contributed by atoms with Gasteiger partial charge in [-0.2, -0.15) is 5.10 Å². The van der Waals surface area contributed by atoms with Crippen LogP contribution in [-0.2, 0) is 28.0 Å². The molecule has 1 unspecified atom stereocenters. The molecule has 0 radical (unpaired) electrons. The number of hydrogen-bond acceptors (Lipinski definition) is 6. The fourth-order valence-corrected chi connectivity index (χ4v) is 4.40. The van der Waals surface area contributed by atoms with E-state index in [-0.39, 0.29) is 12.4 Å². The van der Waals surface area contributed by atoms with Crippen molar-refractivity contribution in [3.05, 3.63) is 64.8 Å². The van der Waals surface area contributed by atoms with Crippen LogP contribution < -0.4 is 15.2 Å². The molecular weight excluding hydrogens is 559 g/mol. The quantitative estimate of drug-likeness (QED) is 0.221. The summed E-state index contributed by atoms with van der Waals surface area (Å²) in [6, 6.07) is 12.7. The lowest BCUT2D eigenvalue weighted by molar-refractivity contribution is -0.274. The van der Waals surface area contributed by atoms with Gasteiger partial charge in [0, 0.05) is 29.8 Å². The molecule has 7 nitrogen and oxygen atoms in total. The molecule has 0 aliphatic heterocycles. The van der Waals surface area contributed by atoms with Gasteiger partial charge >= 0.3 is 12.3 Å². The fourth-order valence-electron chi connectivity index (χ4n) is 4.18. The molecule has 3 aromatic rings. The maximum Gasteiger partial charge on any atom is 0.573 e. The highest BCUT2D eigenvalue weighted by molar-refractivity contribution is 6.32. The second kappa shape index (κ2) is 12.7. The minimum Gasteiger partial charge on any atom is -0.475 e. The van der Waals surface area contributed by atoms with E-state index >= 15 is 0 Å². The van der Waals surface area contributed by atoms with Crippen molar-refractivity contribution in [1.29, 1.82) is 0 Å². The molecule has 2 N–H and O–H groups in total. The van der Waals surface area contributed by atoms with Crippen LogP contribution in [0.1, 0.15) is 59.2 Å². The number of hydrogen-bond donors (Lipinski definition) is 1. The lowest BCUT2D eigenvalue weighted by Gasteiger charge is -2.28. The minimum absolute atomic E-state index is 0.233. The van der Waals surface area contributed by atoms with Crippen LogP contribution in [0.3, 0.4) is 0 Å². The topological polar surface area (TPSA) is 88.6 Å². The van der Waals surface area contributed by atoms with E-state index < -0.39 is 23.5 Å². The standard InChI is InChI=1S/C30H37ClF3N3O4/c1-7-39-27(38)28(4,5)41-26-13-10-21(16-24(26)31)29(6,35)18-22-17-25(36-37(22)15-14-19(2)3)20-8-11-23(12-9-20)40-30(32,33)34/h8-13,16-17,19H,7,14-15,18,35H2,1-6H3. The van der Waals surface area contributed by atoms with Crippen LogP contribution in [0.2, 0.25) is 5.02 Å². The Morgan fingerprint density at radius 3 is 2.27 bits per heavy atom. The normalized spacial score (nSPS) is 13.7. The molecule has 0 amide bonds. The van der Waals surface area contributed by atoms with Gasteiger partial charge in [-0.3, -0.25) is 4.68 Å². The Kier molecular flexibility index (Phi) is 10.0. The predicted octanol–water partition coefficient (Wildman–Crippen LogP) is 7.29. The molecule has 11 heteroatoms. The number of benzene rings is 2. The summed E-state index contributed by atoms with van der Waals surface area (Å²) in [7, 11) is 0. The average Bonchev–Trinajstić information content (AvgIpc) is 3.25. The Morgan fingerprint density at radius 1 is 1.05 bits per heavy atom. The van der Waals surface area contributed by atoms with Crippen molar-refractivity contribution in [2.45, 2.75) is 78.4 Å². The molecule has 0 fully saturated rings. The van der Waals surface area contributed by atoms with E-state index in [0.717, 1.165) is 17.7 Å². The number of esters is 1. The van der Waals surface area contributed by atoms with E-state index in [1.807, 2.05) is 17.7 Å². The maximum absolute atomic E-state index is 12.6. The minimum atomic E-state index is -4.76. The third kappa shape index (κ3) is 8.87. The van der Waals surface area contributed by atoms with Crippen LogP contribution in [-0.4, -0.2) is 34.3 Å². The summed E-state index contributed by atoms with van der Waals surface area (Å²) < 4.78 is 54.5. The van der Waals surface area contributed by atoms with Crippen molar-refractivity contribution in [2.75, 3.05) is 6.61 Å². The first-order valence-corrected chi connectivity index (χ1v) is 13.8. The highest BCUT2D eigenvalue weighted by atomic mass is 35.5. The third-order valence-electron chi connectivity index (χ3n) is 6.44. The Balaban J connectivity index is 1.87. The maximum atomic E-state index is 12.6. The number of carbonyl (C=O) groups is 1. The second-order valence-corrected chi connectivity index (χ2v) is 11.5. The molecule has 1 aromatic heterocycles. The van der Waals surface area contributed by atoms with Crippen molar-refractivity contribution in [3.8, 4) is 22.8 Å². The highest BCUT2D eigenvalue weighted by Gasteiger charge is 2.33. The van der Waals surface area contributed by atoms with E-state index in [1.165, 1.54) is 24.3 Å². The Bertz CT molecular complexity index is 1340. The van der Waals surface area contributed by atoms with Crippen LogP contribution >= 0.6 is 11.6 Å². The summed E-state index contributed by atoms with van der Waals surface area (Å²) in [5.41, 5.74) is 7.59. The number of halogens is 4. The summed E-state index contributed by atoms with van der Waals surface area (Å²) in [6.45, 7) is 11.9. The number of carbonyl (C=O) groups excluding carboxylic acids is 1. The summed E-state index contributed by atoms with van der Waals surface area (Å²) in [5.74, 6) is -0.0442. The highest BCUT2D eigenvalue weighted by Crippen LogP contribution is 2.34. The summed E-state index contributed by atoms with van der Waals surface area (Å²) in [6.07, 6.45) is -3.48. The number of alkyl halides is 3. The third-order valence-corrected chi connectivity index (χ3v) is 6.73. The van der Waals surface area contributed by atoms with Crippen LogP contribution in [0.25, 0.3) is 11.3 Å². The molecule has 0 aliphatic carbocycles. The molecule has 1 atom stereocenters. The molecule has 0 bridgehead atoms. The molecule has 0 saturated carbocycles. The Hall–Kier alpha value is -3.24. The Labute approximate surface area is 243 Å². The van der Waals surface area contributed by atoms with Crippen molar-refractivity contribution in [1.82, 2.24) is 9.78 Å². The zero-order valence-electron chi connectivity index (χ0n) is 24.1. The number of ether oxygens (including phenoxy) is 3. The number of aryl methyl sites for hydroxylation is 1. The predicted molar refractivity (Wildman–Crippen MR) is 152 cm³/mol. The van der Waals surface area contributed by atoms with Gasteiger partial charge in [-0.1, -0.05) is 31.5 Å². The van der Waals surface area contributed by atoms with E-state index in [2.05, 4.69) is 18.6 Å². The zero-order valence-corrected chi connectivity index (χ0v) is 24.9. The van der Waals surface area contributed by atoms with Gasteiger partial charge in [0.25, 0.3) is 0 Å². The first-order valence-electron chi connectivity index (χ1n) is 13.4. The van der Waals surface area contributed by atoms with Crippen LogP contribution in [0.5, 0.6) is 11.5 Å². The smallest absolute Gasteiger partial charge is 0.475 e. The molecule has 0 aliphatic rings. The van der Waals surface area contributed by atoms with E-state index in [4.69, 9.17) is 31.9 Å². The molecule has 41 heavy (non-hydrogen) atoms. The number of nitrogens with zero attached hydrogens (tertiary/aromatic N) is 2. The lowest BCUT2D eigenvalue weighted by atomic mass is 9.88. The van der Waals surface area contributed by atoms with E-state index in [1.54, 1.807) is 39.0 Å². The molecule has 1 heterocycles. The van der Waals surface area contributed by atoms with Crippen molar-refractivity contribution in [3.63, 3.8) is 0 Å². The van der Waals surface area contributed by atoms with Gasteiger partial charge in [-0.05, 0) is 88.1 Å². The molecule has 2 aromatic carbocycles. The summed E-state index contributed by atoms with van der Waals surface area (Å²) >= 11 is 6.55. The first-order chi connectivity index (χ1) is 19.0. The fraction of sp³-hybridized carbons (Fsp3) is 0.467. The zero-order chi connectivity index (χ0) is 30.6. The Morgan fingerprint density at radius 2 is 1.71 bits per heavy atom.